The highest BCUT2D eigenvalue weighted by Crippen LogP contribution is 2.17. The van der Waals surface area contributed by atoms with E-state index in [0.717, 1.165) is 36.5 Å². The second-order valence-corrected chi connectivity index (χ2v) is 6.09. The molecule has 2 heterocycles. The lowest BCUT2D eigenvalue weighted by atomic mass is 9.98. The van der Waals surface area contributed by atoms with E-state index in [1.54, 1.807) is 6.20 Å². The van der Waals surface area contributed by atoms with E-state index in [-0.39, 0.29) is 5.91 Å². The van der Waals surface area contributed by atoms with Gasteiger partial charge in [-0.3, -0.25) is 9.48 Å². The number of piperidine rings is 1. The normalized spacial score (nSPS) is 18.6. The number of aromatic nitrogens is 2. The largest absolute Gasteiger partial charge is 0.341 e. The van der Waals surface area contributed by atoms with Crippen LogP contribution in [-0.2, 0) is 11.3 Å². The lowest BCUT2D eigenvalue weighted by molar-refractivity contribution is -0.134. The summed E-state index contributed by atoms with van der Waals surface area (Å²) in [4.78, 5) is 14.1. The Labute approximate surface area is 122 Å². The topological polar surface area (TPSA) is 64.2 Å². The van der Waals surface area contributed by atoms with E-state index in [1.807, 2.05) is 15.6 Å². The average Bonchev–Trinajstić information content (AvgIpc) is 2.81. The van der Waals surface area contributed by atoms with E-state index in [9.17, 15) is 4.79 Å². The molecule has 106 valence electrons. The number of hydrogen-bond donors (Lipinski definition) is 1. The molecule has 1 saturated heterocycles. The maximum atomic E-state index is 12.2. The fourth-order valence-corrected chi connectivity index (χ4v) is 2.72. The molecule has 0 bridgehead atoms. The van der Waals surface area contributed by atoms with Crippen molar-refractivity contribution in [3.8, 4) is 0 Å². The third kappa shape index (κ3) is 3.79. The van der Waals surface area contributed by atoms with Crippen molar-refractivity contribution in [1.29, 1.82) is 0 Å². The van der Waals surface area contributed by atoms with Crippen LogP contribution in [0.3, 0.4) is 0 Å². The number of aryl methyl sites for hydroxylation is 1. The predicted octanol–water partition coefficient (Wildman–Crippen LogP) is 1.62. The van der Waals surface area contributed by atoms with Crippen molar-refractivity contribution >= 4 is 21.8 Å². The molecule has 1 aromatic heterocycles. The maximum Gasteiger partial charge on any atom is 0.239 e. The van der Waals surface area contributed by atoms with Crippen molar-refractivity contribution in [3.05, 3.63) is 16.9 Å². The molecular weight excluding hydrogens is 308 g/mol. The summed E-state index contributed by atoms with van der Waals surface area (Å²) in [6.45, 7) is 4.58. The Balaban J connectivity index is 1.81. The molecule has 0 aliphatic carbocycles. The van der Waals surface area contributed by atoms with E-state index in [2.05, 4.69) is 28.0 Å². The Morgan fingerprint density at radius 2 is 2.26 bits per heavy atom. The molecule has 6 heteroatoms. The van der Waals surface area contributed by atoms with Crippen LogP contribution in [-0.4, -0.2) is 39.7 Å². The molecule has 2 N–H and O–H groups in total. The molecule has 1 aliphatic rings. The lowest BCUT2D eigenvalue weighted by Gasteiger charge is -2.32. The number of hydrogen-bond acceptors (Lipinski definition) is 3. The number of likely N-dealkylation sites (tertiary alicyclic amines) is 1. The molecule has 19 heavy (non-hydrogen) atoms. The fraction of sp³-hybridized carbons (Fsp3) is 0.692. The highest BCUT2D eigenvalue weighted by Gasteiger charge is 2.24. The van der Waals surface area contributed by atoms with Crippen LogP contribution in [0.4, 0.5) is 0 Å². The predicted molar refractivity (Wildman–Crippen MR) is 77.5 cm³/mol. The molecule has 2 rings (SSSR count). The molecule has 1 atom stereocenters. The van der Waals surface area contributed by atoms with Crippen molar-refractivity contribution in [3.63, 3.8) is 0 Å². The lowest BCUT2D eigenvalue weighted by Crippen LogP contribution is -2.47. The molecule has 1 aliphatic heterocycles. The Kier molecular flexibility index (Phi) is 4.99. The van der Waals surface area contributed by atoms with Gasteiger partial charge in [0, 0.05) is 19.6 Å². The molecule has 1 aromatic rings. The SMILES string of the molecule is CC1CCN(C(=O)C(N)CCn2nccc2Br)CC1. The summed E-state index contributed by atoms with van der Waals surface area (Å²) in [6.07, 6.45) is 4.51. The first-order chi connectivity index (χ1) is 9.08. The molecule has 0 spiro atoms. The third-order valence-corrected chi connectivity index (χ3v) is 4.40. The average molecular weight is 329 g/mol. The van der Waals surface area contributed by atoms with Gasteiger partial charge in [-0.25, -0.2) is 0 Å². The number of nitrogens with zero attached hydrogens (tertiary/aromatic N) is 3. The summed E-state index contributed by atoms with van der Waals surface area (Å²) >= 11 is 3.40. The minimum Gasteiger partial charge on any atom is -0.341 e. The number of amides is 1. The molecule has 0 radical (unpaired) electrons. The Bertz CT molecular complexity index is 426. The fourth-order valence-electron chi connectivity index (χ4n) is 2.33. The van der Waals surface area contributed by atoms with Crippen LogP contribution in [0.15, 0.2) is 16.9 Å². The van der Waals surface area contributed by atoms with E-state index in [1.165, 1.54) is 0 Å². The first kappa shape index (κ1) is 14.5. The highest BCUT2D eigenvalue weighted by molar-refractivity contribution is 9.10. The number of halogens is 1. The zero-order chi connectivity index (χ0) is 13.8. The van der Waals surface area contributed by atoms with Gasteiger partial charge in [-0.2, -0.15) is 5.10 Å². The summed E-state index contributed by atoms with van der Waals surface area (Å²) in [5.41, 5.74) is 6.00. The second-order valence-electron chi connectivity index (χ2n) is 5.28. The first-order valence-corrected chi connectivity index (χ1v) is 7.59. The summed E-state index contributed by atoms with van der Waals surface area (Å²) in [7, 11) is 0. The van der Waals surface area contributed by atoms with E-state index < -0.39 is 6.04 Å². The van der Waals surface area contributed by atoms with Crippen molar-refractivity contribution in [1.82, 2.24) is 14.7 Å². The molecular formula is C13H21BrN4O. The van der Waals surface area contributed by atoms with E-state index in [4.69, 9.17) is 5.73 Å². The first-order valence-electron chi connectivity index (χ1n) is 6.79. The van der Waals surface area contributed by atoms with Crippen LogP contribution in [0.2, 0.25) is 0 Å². The zero-order valence-electron chi connectivity index (χ0n) is 11.3. The zero-order valence-corrected chi connectivity index (χ0v) is 12.8. The Morgan fingerprint density at radius 1 is 1.58 bits per heavy atom. The molecule has 1 unspecified atom stereocenters. The van der Waals surface area contributed by atoms with Crippen LogP contribution < -0.4 is 5.73 Å². The van der Waals surface area contributed by atoms with Gasteiger partial charge in [0.05, 0.1) is 12.2 Å². The number of carbonyl (C=O) groups is 1. The van der Waals surface area contributed by atoms with Gasteiger partial charge in [-0.1, -0.05) is 6.92 Å². The van der Waals surface area contributed by atoms with Gasteiger partial charge in [0.15, 0.2) is 0 Å². The molecule has 1 fully saturated rings. The van der Waals surface area contributed by atoms with Gasteiger partial charge < -0.3 is 10.6 Å². The summed E-state index contributed by atoms with van der Waals surface area (Å²) in [5.74, 6) is 0.801. The Hall–Kier alpha value is -0.880. The maximum absolute atomic E-state index is 12.2. The molecule has 0 saturated carbocycles. The Morgan fingerprint density at radius 3 is 2.84 bits per heavy atom. The van der Waals surface area contributed by atoms with Crippen LogP contribution in [0.5, 0.6) is 0 Å². The highest BCUT2D eigenvalue weighted by atomic mass is 79.9. The molecule has 5 nitrogen and oxygen atoms in total. The third-order valence-electron chi connectivity index (χ3n) is 3.73. The van der Waals surface area contributed by atoms with Gasteiger partial charge in [0.1, 0.15) is 4.60 Å². The summed E-state index contributed by atoms with van der Waals surface area (Å²) in [5, 5.41) is 4.16. The van der Waals surface area contributed by atoms with Gasteiger partial charge in [0.2, 0.25) is 5.91 Å². The minimum absolute atomic E-state index is 0.0789. The van der Waals surface area contributed by atoms with Gasteiger partial charge >= 0.3 is 0 Å². The smallest absolute Gasteiger partial charge is 0.239 e. The van der Waals surface area contributed by atoms with Crippen LogP contribution in [0.25, 0.3) is 0 Å². The van der Waals surface area contributed by atoms with Gasteiger partial charge in [-0.05, 0) is 47.2 Å². The van der Waals surface area contributed by atoms with E-state index in [0.29, 0.717) is 13.0 Å². The van der Waals surface area contributed by atoms with Crippen LogP contribution in [0.1, 0.15) is 26.2 Å². The van der Waals surface area contributed by atoms with Crippen LogP contribution in [0, 0.1) is 5.92 Å². The van der Waals surface area contributed by atoms with Crippen LogP contribution >= 0.6 is 15.9 Å². The van der Waals surface area contributed by atoms with E-state index >= 15 is 0 Å². The van der Waals surface area contributed by atoms with Crippen molar-refractivity contribution in [2.24, 2.45) is 11.7 Å². The van der Waals surface area contributed by atoms with Crippen molar-refractivity contribution < 1.29 is 4.79 Å². The minimum atomic E-state index is -0.426. The van der Waals surface area contributed by atoms with Gasteiger partial charge in [0.25, 0.3) is 0 Å². The second kappa shape index (κ2) is 6.52. The summed E-state index contributed by atoms with van der Waals surface area (Å²) < 4.78 is 2.73. The molecule has 1 amide bonds. The summed E-state index contributed by atoms with van der Waals surface area (Å²) in [6, 6.07) is 1.45. The quantitative estimate of drug-likeness (QED) is 0.913. The number of rotatable bonds is 4. The van der Waals surface area contributed by atoms with Crippen molar-refractivity contribution in [2.45, 2.75) is 38.8 Å². The van der Waals surface area contributed by atoms with Crippen molar-refractivity contribution in [2.75, 3.05) is 13.1 Å². The standard InChI is InChI=1S/C13H21BrN4O/c1-10-3-7-17(8-4-10)13(19)11(15)5-9-18-12(14)2-6-16-18/h2,6,10-11H,3-5,7-9,15H2,1H3. The number of carbonyl (C=O) groups excluding carboxylic acids is 1. The molecule has 0 aromatic carbocycles. The van der Waals surface area contributed by atoms with Gasteiger partial charge in [-0.15, -0.1) is 0 Å². The monoisotopic (exact) mass is 328 g/mol. The number of nitrogens with two attached hydrogens (primary N) is 1.